The predicted molar refractivity (Wildman–Crippen MR) is 47.0 cm³/mol. The molecular weight excluding hydrogens is 227 g/mol. The highest BCUT2D eigenvalue weighted by molar-refractivity contribution is 5.69. The van der Waals surface area contributed by atoms with Gasteiger partial charge in [0.15, 0.2) is 5.82 Å². The molecule has 0 bridgehead atoms. The summed E-state index contributed by atoms with van der Waals surface area (Å²) in [5.74, 6) is -3.15. The van der Waals surface area contributed by atoms with Gasteiger partial charge in [0.2, 0.25) is 0 Å². The number of halogens is 3. The molecule has 0 aliphatic carbocycles. The van der Waals surface area contributed by atoms with Gasteiger partial charge < -0.3 is 9.84 Å². The third kappa shape index (κ3) is 2.62. The topological polar surface area (TPSA) is 59.4 Å². The summed E-state index contributed by atoms with van der Waals surface area (Å²) in [6, 6.07) is 0.719. The second-order valence-corrected chi connectivity index (χ2v) is 2.90. The second kappa shape index (κ2) is 4.82. The lowest BCUT2D eigenvalue weighted by molar-refractivity contribution is -0.136. The summed E-state index contributed by atoms with van der Waals surface area (Å²) >= 11 is 0. The number of pyridine rings is 1. The van der Waals surface area contributed by atoms with E-state index in [4.69, 9.17) is 5.11 Å². The van der Waals surface area contributed by atoms with Crippen LogP contribution in [-0.2, 0) is 11.2 Å². The second-order valence-electron chi connectivity index (χ2n) is 2.90. The first-order valence-electron chi connectivity index (χ1n) is 4.19. The van der Waals surface area contributed by atoms with E-state index in [9.17, 15) is 18.0 Å². The summed E-state index contributed by atoms with van der Waals surface area (Å²) in [5.41, 5.74) is -1.09. The first kappa shape index (κ1) is 12.3. The minimum absolute atomic E-state index is 0.180. The minimum Gasteiger partial charge on any atom is -0.481 e. The third-order valence-corrected chi connectivity index (χ3v) is 1.77. The van der Waals surface area contributed by atoms with Crippen LogP contribution < -0.4 is 4.74 Å². The molecule has 88 valence electrons. The summed E-state index contributed by atoms with van der Waals surface area (Å²) in [5, 5.41) is 8.47. The number of methoxy groups -OCH3 is 1. The van der Waals surface area contributed by atoms with Crippen molar-refractivity contribution in [2.75, 3.05) is 7.11 Å². The Morgan fingerprint density at radius 1 is 1.62 bits per heavy atom. The minimum atomic E-state index is -3.05. The number of aliphatic carboxylic acids is 1. The van der Waals surface area contributed by atoms with Crippen molar-refractivity contribution < 1.29 is 27.8 Å². The molecule has 0 aliphatic heterocycles. The van der Waals surface area contributed by atoms with Gasteiger partial charge in [0.05, 0.1) is 24.8 Å². The van der Waals surface area contributed by atoms with E-state index in [-0.39, 0.29) is 5.69 Å². The molecule has 1 aromatic heterocycles. The molecule has 1 heterocycles. The van der Waals surface area contributed by atoms with Gasteiger partial charge in [-0.2, -0.15) is 0 Å². The maximum Gasteiger partial charge on any atom is 0.309 e. The van der Waals surface area contributed by atoms with E-state index < -0.39 is 36.1 Å². The third-order valence-electron chi connectivity index (χ3n) is 1.77. The van der Waals surface area contributed by atoms with Gasteiger partial charge in [0, 0.05) is 0 Å². The van der Waals surface area contributed by atoms with E-state index >= 15 is 0 Å². The van der Waals surface area contributed by atoms with Crippen molar-refractivity contribution in [3.05, 3.63) is 23.1 Å². The van der Waals surface area contributed by atoms with Gasteiger partial charge in [-0.05, 0) is 6.07 Å². The number of alkyl halides is 2. The summed E-state index contributed by atoms with van der Waals surface area (Å²) in [7, 11) is 1.06. The number of carboxylic acid groups (broad SMARTS) is 1. The van der Waals surface area contributed by atoms with E-state index in [1.165, 1.54) is 0 Å². The molecule has 1 N–H and O–H groups in total. The highest BCUT2D eigenvalue weighted by Gasteiger charge is 2.20. The molecule has 0 spiro atoms. The van der Waals surface area contributed by atoms with Crippen LogP contribution in [0.4, 0.5) is 13.2 Å². The van der Waals surface area contributed by atoms with Crippen LogP contribution in [0.2, 0.25) is 0 Å². The van der Waals surface area contributed by atoms with Crippen LogP contribution in [0, 0.1) is 5.82 Å². The molecule has 0 amide bonds. The molecule has 1 aromatic rings. The Bertz CT molecular complexity index is 409. The van der Waals surface area contributed by atoms with Crippen LogP contribution in [0.1, 0.15) is 17.7 Å². The fourth-order valence-electron chi connectivity index (χ4n) is 1.12. The fourth-order valence-corrected chi connectivity index (χ4v) is 1.12. The van der Waals surface area contributed by atoms with E-state index in [1.807, 2.05) is 0 Å². The predicted octanol–water partition coefficient (Wildman–Crippen LogP) is 1.79. The normalized spacial score (nSPS) is 10.6. The molecule has 0 atom stereocenters. The Hall–Kier alpha value is -1.79. The van der Waals surface area contributed by atoms with Crippen LogP contribution in [0.15, 0.2) is 6.07 Å². The number of hydrogen-bond acceptors (Lipinski definition) is 3. The molecule has 0 aliphatic rings. The number of hydrogen-bond donors (Lipinski definition) is 1. The SMILES string of the molecule is COc1nc(CC(=O)O)cc(C(F)F)c1F. The Morgan fingerprint density at radius 2 is 2.25 bits per heavy atom. The smallest absolute Gasteiger partial charge is 0.309 e. The molecule has 4 nitrogen and oxygen atoms in total. The van der Waals surface area contributed by atoms with Gasteiger partial charge in [-0.25, -0.2) is 18.2 Å². The highest BCUT2D eigenvalue weighted by atomic mass is 19.3. The molecule has 0 saturated carbocycles. The lowest BCUT2D eigenvalue weighted by Gasteiger charge is -2.08. The zero-order valence-corrected chi connectivity index (χ0v) is 8.21. The largest absolute Gasteiger partial charge is 0.481 e. The van der Waals surface area contributed by atoms with Gasteiger partial charge in [0.1, 0.15) is 0 Å². The van der Waals surface area contributed by atoms with Gasteiger partial charge >= 0.3 is 5.97 Å². The van der Waals surface area contributed by atoms with E-state index in [2.05, 4.69) is 9.72 Å². The van der Waals surface area contributed by atoms with E-state index in [1.54, 1.807) is 0 Å². The van der Waals surface area contributed by atoms with Crippen molar-refractivity contribution in [1.29, 1.82) is 0 Å². The molecule has 0 unspecified atom stereocenters. The fraction of sp³-hybridized carbons (Fsp3) is 0.333. The number of nitrogens with zero attached hydrogens (tertiary/aromatic N) is 1. The van der Waals surface area contributed by atoms with E-state index in [0.29, 0.717) is 0 Å². The van der Waals surface area contributed by atoms with Crippen molar-refractivity contribution in [2.24, 2.45) is 0 Å². The first-order chi connectivity index (χ1) is 7.45. The number of carbonyl (C=O) groups is 1. The van der Waals surface area contributed by atoms with Gasteiger partial charge in [-0.15, -0.1) is 0 Å². The van der Waals surface area contributed by atoms with Crippen molar-refractivity contribution in [2.45, 2.75) is 12.8 Å². The van der Waals surface area contributed by atoms with Gasteiger partial charge in [-0.3, -0.25) is 4.79 Å². The zero-order valence-electron chi connectivity index (χ0n) is 8.21. The maximum atomic E-state index is 13.2. The van der Waals surface area contributed by atoms with Crippen LogP contribution in [0.3, 0.4) is 0 Å². The number of carboxylic acids is 1. The Balaban J connectivity index is 3.22. The van der Waals surface area contributed by atoms with Gasteiger partial charge in [0.25, 0.3) is 12.3 Å². The summed E-state index contributed by atoms with van der Waals surface area (Å²) in [4.78, 5) is 13.8. The Morgan fingerprint density at radius 3 is 2.69 bits per heavy atom. The average Bonchev–Trinajstić information content (AvgIpc) is 2.19. The number of rotatable bonds is 4. The number of aromatic nitrogens is 1. The maximum absolute atomic E-state index is 13.2. The average molecular weight is 235 g/mol. The van der Waals surface area contributed by atoms with E-state index in [0.717, 1.165) is 13.2 Å². The molecule has 0 radical (unpaired) electrons. The van der Waals surface area contributed by atoms with Gasteiger partial charge in [-0.1, -0.05) is 0 Å². The quantitative estimate of drug-likeness (QED) is 0.864. The highest BCUT2D eigenvalue weighted by Crippen LogP contribution is 2.27. The van der Waals surface area contributed by atoms with Crippen LogP contribution in [0.5, 0.6) is 5.88 Å². The van der Waals surface area contributed by atoms with Crippen LogP contribution in [0.25, 0.3) is 0 Å². The molecule has 0 fully saturated rings. The summed E-state index contributed by atoms with van der Waals surface area (Å²) in [6.45, 7) is 0. The monoisotopic (exact) mass is 235 g/mol. The van der Waals surface area contributed by atoms with Crippen molar-refractivity contribution in [3.8, 4) is 5.88 Å². The Labute approximate surface area is 88.7 Å². The summed E-state index contributed by atoms with van der Waals surface area (Å²) < 4.78 is 42.5. The van der Waals surface area contributed by atoms with Crippen molar-refractivity contribution in [3.63, 3.8) is 0 Å². The van der Waals surface area contributed by atoms with Crippen LogP contribution >= 0.6 is 0 Å². The zero-order chi connectivity index (χ0) is 12.3. The molecule has 7 heteroatoms. The summed E-state index contributed by atoms with van der Waals surface area (Å²) in [6.07, 6.45) is -3.62. The standard InChI is InChI=1S/C9H8F3NO3/c1-16-9-7(10)5(8(11)12)2-4(13-9)3-6(14)15/h2,8H,3H2,1H3,(H,14,15). The molecule has 1 rings (SSSR count). The molecule has 0 saturated heterocycles. The lowest BCUT2D eigenvalue weighted by atomic mass is 10.2. The molecular formula is C9H8F3NO3. The lowest BCUT2D eigenvalue weighted by Crippen LogP contribution is -2.07. The molecule has 0 aromatic carbocycles. The van der Waals surface area contributed by atoms with Crippen molar-refractivity contribution in [1.82, 2.24) is 4.98 Å². The van der Waals surface area contributed by atoms with Crippen LogP contribution in [-0.4, -0.2) is 23.2 Å². The number of ether oxygens (including phenoxy) is 1. The first-order valence-corrected chi connectivity index (χ1v) is 4.19. The van der Waals surface area contributed by atoms with Crippen molar-refractivity contribution >= 4 is 5.97 Å². The molecule has 16 heavy (non-hydrogen) atoms. The Kier molecular flexibility index (Phi) is 3.70.